The van der Waals surface area contributed by atoms with Crippen molar-refractivity contribution < 1.29 is 13.2 Å². The lowest BCUT2D eigenvalue weighted by Crippen LogP contribution is -2.25. The van der Waals surface area contributed by atoms with Gasteiger partial charge in [0.15, 0.2) is 0 Å². The summed E-state index contributed by atoms with van der Waals surface area (Å²) in [5.41, 5.74) is 1.20. The van der Waals surface area contributed by atoms with E-state index in [1.165, 1.54) is 5.56 Å². The number of hydrogen-bond acceptors (Lipinski definition) is 5. The predicted octanol–water partition coefficient (Wildman–Crippen LogP) is 1.65. The van der Waals surface area contributed by atoms with Crippen LogP contribution in [0.5, 0.6) is 0 Å². The fourth-order valence-corrected chi connectivity index (χ4v) is 4.52. The summed E-state index contributed by atoms with van der Waals surface area (Å²) in [6, 6.07) is 10.1. The SMILES string of the molecule is CCn1c(CCc2ccccc2)nnc1S(=O)(=O)C1CCOC1. The Kier molecular flexibility index (Phi) is 4.77. The van der Waals surface area contributed by atoms with Gasteiger partial charge in [-0.25, -0.2) is 8.42 Å². The molecule has 1 unspecified atom stereocenters. The van der Waals surface area contributed by atoms with Crippen LogP contribution in [0.3, 0.4) is 0 Å². The molecule has 1 aliphatic rings. The van der Waals surface area contributed by atoms with Gasteiger partial charge in [0.2, 0.25) is 15.0 Å². The maximum atomic E-state index is 12.7. The lowest BCUT2D eigenvalue weighted by atomic mass is 10.1. The monoisotopic (exact) mass is 335 g/mol. The Morgan fingerprint density at radius 1 is 1.22 bits per heavy atom. The molecule has 124 valence electrons. The second kappa shape index (κ2) is 6.80. The Morgan fingerprint density at radius 2 is 2.00 bits per heavy atom. The quantitative estimate of drug-likeness (QED) is 0.802. The summed E-state index contributed by atoms with van der Waals surface area (Å²) in [6.45, 7) is 3.20. The highest BCUT2D eigenvalue weighted by atomic mass is 32.2. The van der Waals surface area contributed by atoms with Crippen molar-refractivity contribution in [3.05, 3.63) is 41.7 Å². The van der Waals surface area contributed by atoms with Crippen molar-refractivity contribution >= 4 is 9.84 Å². The summed E-state index contributed by atoms with van der Waals surface area (Å²) >= 11 is 0. The van der Waals surface area contributed by atoms with Gasteiger partial charge in [-0.1, -0.05) is 30.3 Å². The number of aromatic nitrogens is 3. The third-order valence-electron chi connectivity index (χ3n) is 4.17. The summed E-state index contributed by atoms with van der Waals surface area (Å²) in [4.78, 5) is 0. The van der Waals surface area contributed by atoms with Gasteiger partial charge in [-0.2, -0.15) is 0 Å². The van der Waals surface area contributed by atoms with Crippen LogP contribution in [-0.2, 0) is 34.0 Å². The molecule has 0 saturated carbocycles. The summed E-state index contributed by atoms with van der Waals surface area (Å²) in [7, 11) is -3.48. The van der Waals surface area contributed by atoms with Gasteiger partial charge >= 0.3 is 0 Å². The Labute approximate surface area is 136 Å². The van der Waals surface area contributed by atoms with Crippen LogP contribution in [0, 0.1) is 0 Å². The minimum atomic E-state index is -3.48. The third-order valence-corrected chi connectivity index (χ3v) is 6.23. The number of rotatable bonds is 6. The number of hydrogen-bond donors (Lipinski definition) is 0. The minimum absolute atomic E-state index is 0.0820. The van der Waals surface area contributed by atoms with Crippen molar-refractivity contribution in [2.45, 2.75) is 43.1 Å². The topological polar surface area (TPSA) is 74.1 Å². The highest BCUT2D eigenvalue weighted by Crippen LogP contribution is 2.22. The molecular weight excluding hydrogens is 314 g/mol. The standard InChI is InChI=1S/C16H21N3O3S/c1-2-19-15(9-8-13-6-4-3-5-7-13)17-18-16(19)23(20,21)14-10-11-22-12-14/h3-7,14H,2,8-12H2,1H3. The van der Waals surface area contributed by atoms with E-state index in [2.05, 4.69) is 22.3 Å². The molecular formula is C16H21N3O3S. The van der Waals surface area contributed by atoms with Gasteiger partial charge in [0.1, 0.15) is 5.82 Å². The van der Waals surface area contributed by atoms with E-state index in [1.54, 1.807) is 4.57 Å². The third kappa shape index (κ3) is 3.30. The summed E-state index contributed by atoms with van der Waals surface area (Å²) in [6.07, 6.45) is 2.01. The molecule has 1 atom stereocenters. The zero-order chi connectivity index (χ0) is 16.3. The van der Waals surface area contributed by atoms with Crippen molar-refractivity contribution in [3.63, 3.8) is 0 Å². The summed E-state index contributed by atoms with van der Waals surface area (Å²) < 4.78 is 32.3. The molecule has 0 amide bonds. The average molecular weight is 335 g/mol. The van der Waals surface area contributed by atoms with E-state index >= 15 is 0 Å². The fourth-order valence-electron chi connectivity index (χ4n) is 2.84. The zero-order valence-corrected chi connectivity index (χ0v) is 14.0. The van der Waals surface area contributed by atoms with E-state index in [-0.39, 0.29) is 11.8 Å². The molecule has 1 aliphatic heterocycles. The van der Waals surface area contributed by atoms with E-state index < -0.39 is 15.1 Å². The summed E-state index contributed by atoms with van der Waals surface area (Å²) in [5, 5.41) is 7.70. The number of ether oxygens (including phenoxy) is 1. The van der Waals surface area contributed by atoms with E-state index in [4.69, 9.17) is 4.74 Å². The van der Waals surface area contributed by atoms with Gasteiger partial charge in [-0.3, -0.25) is 0 Å². The molecule has 0 radical (unpaired) electrons. The van der Waals surface area contributed by atoms with Gasteiger partial charge in [0.05, 0.1) is 11.9 Å². The van der Waals surface area contributed by atoms with Crippen LogP contribution in [0.1, 0.15) is 24.7 Å². The number of aryl methyl sites for hydroxylation is 2. The second-order valence-electron chi connectivity index (χ2n) is 5.66. The molecule has 6 nitrogen and oxygen atoms in total. The molecule has 2 heterocycles. The number of nitrogens with zero attached hydrogens (tertiary/aromatic N) is 3. The molecule has 1 aromatic heterocycles. The first-order valence-electron chi connectivity index (χ1n) is 7.90. The first kappa shape index (κ1) is 16.1. The van der Waals surface area contributed by atoms with Crippen molar-refractivity contribution in [2.75, 3.05) is 13.2 Å². The normalized spacial score (nSPS) is 18.4. The van der Waals surface area contributed by atoms with Crippen molar-refractivity contribution in [3.8, 4) is 0 Å². The first-order chi connectivity index (χ1) is 11.1. The molecule has 1 saturated heterocycles. The molecule has 0 bridgehead atoms. The lowest BCUT2D eigenvalue weighted by Gasteiger charge is -2.11. The maximum absolute atomic E-state index is 12.7. The van der Waals surface area contributed by atoms with E-state index in [9.17, 15) is 8.42 Å². The van der Waals surface area contributed by atoms with Crippen molar-refractivity contribution in [1.82, 2.24) is 14.8 Å². The van der Waals surface area contributed by atoms with Crippen LogP contribution in [-0.4, -0.2) is 41.6 Å². The molecule has 23 heavy (non-hydrogen) atoms. The summed E-state index contributed by atoms with van der Waals surface area (Å²) in [5.74, 6) is 0.717. The molecule has 2 aromatic rings. The smallest absolute Gasteiger partial charge is 0.250 e. The molecule has 0 N–H and O–H groups in total. The van der Waals surface area contributed by atoms with Crippen LogP contribution >= 0.6 is 0 Å². The molecule has 7 heteroatoms. The van der Waals surface area contributed by atoms with Crippen molar-refractivity contribution in [2.24, 2.45) is 0 Å². The lowest BCUT2D eigenvalue weighted by molar-refractivity contribution is 0.198. The first-order valence-corrected chi connectivity index (χ1v) is 9.45. The minimum Gasteiger partial charge on any atom is -0.380 e. The molecule has 0 aliphatic carbocycles. The highest BCUT2D eigenvalue weighted by molar-refractivity contribution is 7.91. The molecule has 1 aromatic carbocycles. The fraction of sp³-hybridized carbons (Fsp3) is 0.500. The Hall–Kier alpha value is -1.73. The highest BCUT2D eigenvalue weighted by Gasteiger charge is 2.35. The second-order valence-corrected chi connectivity index (χ2v) is 7.78. The van der Waals surface area contributed by atoms with Gasteiger partial charge < -0.3 is 9.30 Å². The Morgan fingerprint density at radius 3 is 2.65 bits per heavy atom. The number of benzene rings is 1. The van der Waals surface area contributed by atoms with Gasteiger partial charge in [-0.15, -0.1) is 10.2 Å². The van der Waals surface area contributed by atoms with Gasteiger partial charge in [-0.05, 0) is 25.3 Å². The Bertz CT molecular complexity index is 750. The van der Waals surface area contributed by atoms with E-state index in [0.29, 0.717) is 31.8 Å². The van der Waals surface area contributed by atoms with Gasteiger partial charge in [0, 0.05) is 19.6 Å². The van der Waals surface area contributed by atoms with Crippen LogP contribution < -0.4 is 0 Å². The van der Waals surface area contributed by atoms with E-state index in [1.807, 2.05) is 25.1 Å². The zero-order valence-electron chi connectivity index (χ0n) is 13.2. The largest absolute Gasteiger partial charge is 0.380 e. The van der Waals surface area contributed by atoms with Crippen LogP contribution in [0.15, 0.2) is 35.5 Å². The Balaban J connectivity index is 1.82. The maximum Gasteiger partial charge on any atom is 0.250 e. The molecule has 3 rings (SSSR count). The predicted molar refractivity (Wildman–Crippen MR) is 86.0 cm³/mol. The molecule has 1 fully saturated rings. The number of sulfone groups is 1. The van der Waals surface area contributed by atoms with Crippen LogP contribution in [0.25, 0.3) is 0 Å². The van der Waals surface area contributed by atoms with Crippen LogP contribution in [0.4, 0.5) is 0 Å². The average Bonchev–Trinajstić information content (AvgIpc) is 3.23. The van der Waals surface area contributed by atoms with Crippen molar-refractivity contribution in [1.29, 1.82) is 0 Å². The molecule has 0 spiro atoms. The van der Waals surface area contributed by atoms with E-state index in [0.717, 1.165) is 6.42 Å². The van der Waals surface area contributed by atoms with Gasteiger partial charge in [0.25, 0.3) is 0 Å². The van der Waals surface area contributed by atoms with Crippen LogP contribution in [0.2, 0.25) is 0 Å².